The molecule has 0 radical (unpaired) electrons. The van der Waals surface area contributed by atoms with E-state index in [-0.39, 0.29) is 30.1 Å². The van der Waals surface area contributed by atoms with Crippen LogP contribution < -0.4 is 10.1 Å². The third kappa shape index (κ3) is 4.78. The second kappa shape index (κ2) is 7.70. The van der Waals surface area contributed by atoms with Gasteiger partial charge in [-0.2, -0.15) is 0 Å². The summed E-state index contributed by atoms with van der Waals surface area (Å²) >= 11 is 11.9. The highest BCUT2D eigenvalue weighted by Crippen LogP contribution is 2.27. The number of carbonyl (C=O) groups is 1. The van der Waals surface area contributed by atoms with Gasteiger partial charge in [-0.3, -0.25) is 9.69 Å². The molecule has 0 aliphatic carbocycles. The number of nitrogens with zero attached hydrogens (tertiary/aromatic N) is 1. The summed E-state index contributed by atoms with van der Waals surface area (Å²) in [5.41, 5.74) is 0. The number of amides is 1. The van der Waals surface area contributed by atoms with Crippen molar-refractivity contribution >= 4 is 38.9 Å². The van der Waals surface area contributed by atoms with Crippen molar-refractivity contribution in [3.63, 3.8) is 0 Å². The van der Waals surface area contributed by atoms with Crippen LogP contribution in [0.25, 0.3) is 0 Å². The number of rotatable bonds is 5. The Morgan fingerprint density at radius 1 is 1.24 bits per heavy atom. The van der Waals surface area contributed by atoms with Gasteiger partial charge in [0.1, 0.15) is 5.75 Å². The normalized spacial score (nSPS) is 25.8. The summed E-state index contributed by atoms with van der Waals surface area (Å²) in [6.07, 6.45) is 2.13. The first kappa shape index (κ1) is 18.8. The Morgan fingerprint density at radius 3 is 2.68 bits per heavy atom. The number of halogens is 2. The fourth-order valence-electron chi connectivity index (χ4n) is 3.38. The quantitative estimate of drug-likeness (QED) is 0.805. The van der Waals surface area contributed by atoms with Crippen LogP contribution >= 0.6 is 23.2 Å². The highest BCUT2D eigenvalue weighted by atomic mass is 35.5. The fraction of sp³-hybridized carbons (Fsp3) is 0.562. The number of likely N-dealkylation sites (tertiary alicyclic amines) is 1. The van der Waals surface area contributed by atoms with E-state index in [1.165, 1.54) is 6.07 Å². The Kier molecular flexibility index (Phi) is 5.78. The minimum Gasteiger partial charge on any atom is -0.482 e. The topological polar surface area (TPSA) is 75.7 Å². The van der Waals surface area contributed by atoms with Gasteiger partial charge < -0.3 is 10.1 Å². The Bertz CT molecular complexity index is 751. The van der Waals surface area contributed by atoms with Gasteiger partial charge in [0.2, 0.25) is 0 Å². The predicted octanol–water partition coefficient (Wildman–Crippen LogP) is 1.75. The number of hydrogen-bond donors (Lipinski definition) is 1. The second-order valence-electron chi connectivity index (χ2n) is 6.42. The average Bonchev–Trinajstić information content (AvgIpc) is 3.15. The molecule has 2 heterocycles. The summed E-state index contributed by atoms with van der Waals surface area (Å²) in [5.74, 6) is 0.0123. The summed E-state index contributed by atoms with van der Waals surface area (Å²) in [6, 6.07) is 4.18. The molecule has 138 valence electrons. The molecule has 1 amide bonds. The molecule has 2 fully saturated rings. The lowest BCUT2D eigenvalue weighted by molar-refractivity contribution is -0.124. The smallest absolute Gasteiger partial charge is 0.258 e. The van der Waals surface area contributed by atoms with Crippen molar-refractivity contribution < 1.29 is 17.9 Å². The van der Waals surface area contributed by atoms with E-state index in [0.717, 1.165) is 25.9 Å². The molecule has 0 spiro atoms. The molecule has 3 rings (SSSR count). The zero-order valence-corrected chi connectivity index (χ0v) is 15.9. The van der Waals surface area contributed by atoms with E-state index in [0.29, 0.717) is 15.8 Å². The summed E-state index contributed by atoms with van der Waals surface area (Å²) in [4.78, 5) is 14.4. The molecular weight excluding hydrogens is 387 g/mol. The van der Waals surface area contributed by atoms with E-state index in [4.69, 9.17) is 27.9 Å². The highest BCUT2D eigenvalue weighted by molar-refractivity contribution is 7.91. The van der Waals surface area contributed by atoms with Crippen LogP contribution in [-0.2, 0) is 14.6 Å². The maximum absolute atomic E-state index is 12.2. The molecule has 2 saturated heterocycles. The minimum absolute atomic E-state index is 0.0299. The molecule has 25 heavy (non-hydrogen) atoms. The van der Waals surface area contributed by atoms with Crippen LogP contribution in [0.1, 0.15) is 12.8 Å². The van der Waals surface area contributed by atoms with E-state index in [1.54, 1.807) is 12.1 Å². The van der Waals surface area contributed by atoms with Gasteiger partial charge in [0.05, 0.1) is 22.6 Å². The van der Waals surface area contributed by atoms with E-state index < -0.39 is 15.9 Å². The standard InChI is InChI=1S/C16H20Cl2N2O4S/c17-11-3-4-12(18)15(7-11)24-8-16(21)19-13-9-25(22,23)10-14(13)20-5-1-2-6-20/h3-4,7,13-14H,1-2,5-6,8-10H2,(H,19,21). The summed E-state index contributed by atoms with van der Waals surface area (Å²) in [5, 5.41) is 3.62. The molecule has 2 aliphatic rings. The number of benzene rings is 1. The molecule has 1 aromatic carbocycles. The van der Waals surface area contributed by atoms with Crippen LogP contribution in [0.15, 0.2) is 18.2 Å². The van der Waals surface area contributed by atoms with Crippen LogP contribution in [-0.4, -0.2) is 62.5 Å². The summed E-state index contributed by atoms with van der Waals surface area (Å²) < 4.78 is 29.4. The Hall–Kier alpha value is -1.02. The van der Waals surface area contributed by atoms with Gasteiger partial charge in [-0.25, -0.2) is 8.42 Å². The third-order valence-corrected chi connectivity index (χ3v) is 6.79. The number of sulfone groups is 1. The molecule has 6 nitrogen and oxygen atoms in total. The molecule has 0 bridgehead atoms. The number of carbonyl (C=O) groups excluding carboxylic acids is 1. The molecule has 1 aromatic rings. The van der Waals surface area contributed by atoms with Crippen molar-refractivity contribution in [2.24, 2.45) is 0 Å². The molecule has 2 aliphatic heterocycles. The van der Waals surface area contributed by atoms with Gasteiger partial charge in [0.25, 0.3) is 5.91 Å². The second-order valence-corrected chi connectivity index (χ2v) is 9.42. The monoisotopic (exact) mass is 406 g/mol. The maximum atomic E-state index is 12.2. The summed E-state index contributed by atoms with van der Waals surface area (Å²) in [6.45, 7) is 1.51. The maximum Gasteiger partial charge on any atom is 0.258 e. The van der Waals surface area contributed by atoms with E-state index in [2.05, 4.69) is 10.2 Å². The molecule has 0 saturated carbocycles. The first-order valence-corrected chi connectivity index (χ1v) is 10.7. The van der Waals surface area contributed by atoms with Crippen LogP contribution in [0.2, 0.25) is 10.0 Å². The Balaban J connectivity index is 1.60. The van der Waals surface area contributed by atoms with Crippen molar-refractivity contribution in [1.29, 1.82) is 0 Å². The van der Waals surface area contributed by atoms with Crippen molar-refractivity contribution in [2.75, 3.05) is 31.2 Å². The molecule has 1 N–H and O–H groups in total. The fourth-order valence-corrected chi connectivity index (χ4v) is 5.67. The lowest BCUT2D eigenvalue weighted by atomic mass is 10.1. The molecule has 0 aromatic heterocycles. The van der Waals surface area contributed by atoms with Crippen molar-refractivity contribution in [1.82, 2.24) is 10.2 Å². The lowest BCUT2D eigenvalue weighted by Gasteiger charge is -2.28. The van der Waals surface area contributed by atoms with Crippen molar-refractivity contribution in [3.8, 4) is 5.75 Å². The number of hydrogen-bond acceptors (Lipinski definition) is 5. The first-order valence-electron chi connectivity index (χ1n) is 8.16. The molecule has 2 unspecified atom stereocenters. The largest absolute Gasteiger partial charge is 0.482 e. The predicted molar refractivity (Wildman–Crippen MR) is 97.1 cm³/mol. The number of nitrogens with one attached hydrogen (secondary N) is 1. The van der Waals surface area contributed by atoms with Crippen molar-refractivity contribution in [2.45, 2.75) is 24.9 Å². The van der Waals surface area contributed by atoms with Gasteiger partial charge in [-0.05, 0) is 38.1 Å². The van der Waals surface area contributed by atoms with Gasteiger partial charge in [0.15, 0.2) is 16.4 Å². The SMILES string of the molecule is O=C(COc1cc(Cl)ccc1Cl)NC1CS(=O)(=O)CC1N1CCCC1. The number of ether oxygens (including phenoxy) is 1. The van der Waals surface area contributed by atoms with Crippen LogP contribution in [0.3, 0.4) is 0 Å². The van der Waals surface area contributed by atoms with Gasteiger partial charge >= 0.3 is 0 Å². The van der Waals surface area contributed by atoms with Crippen LogP contribution in [0.4, 0.5) is 0 Å². The Morgan fingerprint density at radius 2 is 1.96 bits per heavy atom. The summed E-state index contributed by atoms with van der Waals surface area (Å²) in [7, 11) is -3.14. The van der Waals surface area contributed by atoms with E-state index in [9.17, 15) is 13.2 Å². The zero-order valence-electron chi connectivity index (χ0n) is 13.6. The zero-order chi connectivity index (χ0) is 18.0. The van der Waals surface area contributed by atoms with Crippen molar-refractivity contribution in [3.05, 3.63) is 28.2 Å². The van der Waals surface area contributed by atoms with Gasteiger partial charge in [-0.15, -0.1) is 0 Å². The third-order valence-electron chi connectivity index (χ3n) is 4.53. The lowest BCUT2D eigenvalue weighted by Crippen LogP contribution is -2.51. The first-order chi connectivity index (χ1) is 11.8. The van der Waals surface area contributed by atoms with Gasteiger partial charge in [-0.1, -0.05) is 23.2 Å². The molecule has 2 atom stereocenters. The average molecular weight is 407 g/mol. The van der Waals surface area contributed by atoms with Gasteiger partial charge in [0, 0.05) is 17.1 Å². The molecular formula is C16H20Cl2N2O4S. The van der Waals surface area contributed by atoms with E-state index in [1.807, 2.05) is 0 Å². The minimum atomic E-state index is -3.14. The molecule has 9 heteroatoms. The van der Waals surface area contributed by atoms with Crippen LogP contribution in [0.5, 0.6) is 5.75 Å². The van der Waals surface area contributed by atoms with Crippen LogP contribution in [0, 0.1) is 0 Å². The van der Waals surface area contributed by atoms with E-state index >= 15 is 0 Å². The highest BCUT2D eigenvalue weighted by Gasteiger charge is 2.42. The Labute approximate surface area is 157 Å².